The standard InChI is InChI=1S/C16H23BrN4O/c1-5-8-18-16(20-11-15(22)21(3)4)19-10-13-6-7-14(17)9-12(13)2/h5-7,9H,1,8,10-11H2,2-4H3,(H2,18,19,20). The van der Waals surface area contributed by atoms with E-state index in [0.29, 0.717) is 19.0 Å². The Balaban J connectivity index is 2.72. The molecular formula is C16H23BrN4O. The SMILES string of the molecule is C=CCNC(=NCc1ccc(Br)cc1C)NCC(=O)N(C)C. The molecule has 0 bridgehead atoms. The number of benzene rings is 1. The quantitative estimate of drug-likeness (QED) is 0.460. The number of nitrogens with one attached hydrogen (secondary N) is 2. The molecule has 1 aromatic rings. The zero-order chi connectivity index (χ0) is 16.5. The van der Waals surface area contributed by atoms with Gasteiger partial charge < -0.3 is 15.5 Å². The number of carbonyl (C=O) groups is 1. The summed E-state index contributed by atoms with van der Waals surface area (Å²) < 4.78 is 1.05. The first-order valence-corrected chi connectivity index (χ1v) is 7.81. The average Bonchev–Trinajstić information content (AvgIpc) is 2.47. The second kappa shape index (κ2) is 9.25. The van der Waals surface area contributed by atoms with Crippen LogP contribution < -0.4 is 10.6 Å². The maximum Gasteiger partial charge on any atom is 0.241 e. The van der Waals surface area contributed by atoms with Crippen LogP contribution in [0, 0.1) is 6.92 Å². The molecule has 0 aliphatic rings. The number of aliphatic imine (C=N–C) groups is 1. The van der Waals surface area contributed by atoms with E-state index in [-0.39, 0.29) is 12.5 Å². The normalized spacial score (nSPS) is 11.0. The molecule has 2 N–H and O–H groups in total. The number of carbonyl (C=O) groups excluding carboxylic acids is 1. The molecule has 1 rings (SSSR count). The molecule has 0 fully saturated rings. The van der Waals surface area contributed by atoms with Gasteiger partial charge in [0, 0.05) is 25.1 Å². The van der Waals surface area contributed by atoms with Gasteiger partial charge in [0.2, 0.25) is 5.91 Å². The molecule has 0 saturated carbocycles. The molecule has 0 aliphatic carbocycles. The highest BCUT2D eigenvalue weighted by atomic mass is 79.9. The van der Waals surface area contributed by atoms with Crippen molar-refractivity contribution in [2.24, 2.45) is 4.99 Å². The van der Waals surface area contributed by atoms with E-state index in [2.05, 4.69) is 51.1 Å². The molecule has 0 aliphatic heterocycles. The molecular weight excluding hydrogens is 344 g/mol. The van der Waals surface area contributed by atoms with Gasteiger partial charge in [-0.2, -0.15) is 0 Å². The highest BCUT2D eigenvalue weighted by molar-refractivity contribution is 9.10. The van der Waals surface area contributed by atoms with Crippen molar-refractivity contribution in [3.05, 3.63) is 46.5 Å². The predicted octanol–water partition coefficient (Wildman–Crippen LogP) is 2.07. The largest absolute Gasteiger partial charge is 0.353 e. The molecule has 1 aromatic carbocycles. The Bertz CT molecular complexity index is 555. The minimum atomic E-state index is -0.00655. The molecule has 120 valence electrons. The summed E-state index contributed by atoms with van der Waals surface area (Å²) in [6.07, 6.45) is 1.75. The molecule has 0 atom stereocenters. The minimum absolute atomic E-state index is 0.00655. The molecule has 6 heteroatoms. The molecule has 0 saturated heterocycles. The molecule has 5 nitrogen and oxygen atoms in total. The highest BCUT2D eigenvalue weighted by Crippen LogP contribution is 2.16. The zero-order valence-electron chi connectivity index (χ0n) is 13.3. The first kappa shape index (κ1) is 18.2. The fourth-order valence-corrected chi connectivity index (χ4v) is 2.14. The van der Waals surface area contributed by atoms with Crippen LogP contribution in [-0.4, -0.2) is 44.0 Å². The summed E-state index contributed by atoms with van der Waals surface area (Å²) in [5, 5.41) is 6.13. The maximum absolute atomic E-state index is 11.6. The Labute approximate surface area is 140 Å². The van der Waals surface area contributed by atoms with E-state index in [9.17, 15) is 4.79 Å². The van der Waals surface area contributed by atoms with E-state index < -0.39 is 0 Å². The van der Waals surface area contributed by atoms with Crippen LogP contribution in [0.4, 0.5) is 0 Å². The summed E-state index contributed by atoms with van der Waals surface area (Å²) in [6.45, 7) is 7.06. The fraction of sp³-hybridized carbons (Fsp3) is 0.375. The summed E-state index contributed by atoms with van der Waals surface area (Å²) in [7, 11) is 3.45. The molecule has 0 heterocycles. The van der Waals surface area contributed by atoms with Gasteiger partial charge in [0.1, 0.15) is 0 Å². The van der Waals surface area contributed by atoms with Crippen LogP contribution in [0.1, 0.15) is 11.1 Å². The van der Waals surface area contributed by atoms with E-state index >= 15 is 0 Å². The molecule has 22 heavy (non-hydrogen) atoms. The van der Waals surface area contributed by atoms with E-state index in [1.54, 1.807) is 20.2 Å². The van der Waals surface area contributed by atoms with Crippen molar-refractivity contribution in [2.75, 3.05) is 27.2 Å². The number of halogens is 1. The van der Waals surface area contributed by atoms with Gasteiger partial charge in [-0.3, -0.25) is 4.79 Å². The van der Waals surface area contributed by atoms with Crippen molar-refractivity contribution in [2.45, 2.75) is 13.5 Å². The van der Waals surface area contributed by atoms with Crippen molar-refractivity contribution >= 4 is 27.8 Å². The first-order chi connectivity index (χ1) is 10.4. The van der Waals surface area contributed by atoms with Gasteiger partial charge in [0.15, 0.2) is 5.96 Å². The smallest absolute Gasteiger partial charge is 0.241 e. The van der Waals surface area contributed by atoms with Gasteiger partial charge in [0.05, 0.1) is 13.1 Å². The van der Waals surface area contributed by atoms with Gasteiger partial charge in [-0.05, 0) is 30.2 Å². The van der Waals surface area contributed by atoms with Gasteiger partial charge in [-0.15, -0.1) is 6.58 Å². The van der Waals surface area contributed by atoms with E-state index in [0.717, 1.165) is 10.0 Å². The highest BCUT2D eigenvalue weighted by Gasteiger charge is 2.05. The summed E-state index contributed by atoms with van der Waals surface area (Å²) in [6, 6.07) is 6.10. The number of likely N-dealkylation sites (N-methyl/N-ethyl adjacent to an activating group) is 1. The third-order valence-corrected chi connectivity index (χ3v) is 3.53. The molecule has 0 unspecified atom stereocenters. The molecule has 1 amide bonds. The minimum Gasteiger partial charge on any atom is -0.353 e. The number of aryl methyl sites for hydroxylation is 1. The Morgan fingerprint density at radius 1 is 1.41 bits per heavy atom. The summed E-state index contributed by atoms with van der Waals surface area (Å²) in [5.74, 6) is 0.588. The van der Waals surface area contributed by atoms with Crippen LogP contribution in [0.15, 0.2) is 40.3 Å². The van der Waals surface area contributed by atoms with Crippen LogP contribution in [0.2, 0.25) is 0 Å². The zero-order valence-corrected chi connectivity index (χ0v) is 14.9. The number of hydrogen-bond donors (Lipinski definition) is 2. The number of amides is 1. The third-order valence-electron chi connectivity index (χ3n) is 3.03. The number of guanidine groups is 1. The lowest BCUT2D eigenvalue weighted by Crippen LogP contribution is -2.43. The second-order valence-electron chi connectivity index (χ2n) is 5.05. The lowest BCUT2D eigenvalue weighted by atomic mass is 10.1. The molecule has 0 spiro atoms. The van der Waals surface area contributed by atoms with Crippen LogP contribution in [-0.2, 0) is 11.3 Å². The first-order valence-electron chi connectivity index (χ1n) is 7.02. The van der Waals surface area contributed by atoms with Crippen LogP contribution in [0.5, 0.6) is 0 Å². The molecule has 0 radical (unpaired) electrons. The summed E-state index contributed by atoms with van der Waals surface area (Å²) in [5.41, 5.74) is 2.31. The average molecular weight is 367 g/mol. The number of nitrogens with zero attached hydrogens (tertiary/aromatic N) is 2. The number of hydrogen-bond acceptors (Lipinski definition) is 2. The van der Waals surface area contributed by atoms with Crippen LogP contribution >= 0.6 is 15.9 Å². The lowest BCUT2D eigenvalue weighted by molar-refractivity contribution is -0.127. The van der Waals surface area contributed by atoms with Gasteiger partial charge in [0.25, 0.3) is 0 Å². The van der Waals surface area contributed by atoms with E-state index in [4.69, 9.17) is 0 Å². The van der Waals surface area contributed by atoms with Crippen LogP contribution in [0.3, 0.4) is 0 Å². The second-order valence-corrected chi connectivity index (χ2v) is 5.96. The fourth-order valence-electron chi connectivity index (χ4n) is 1.66. The van der Waals surface area contributed by atoms with Crippen molar-refractivity contribution < 1.29 is 4.79 Å². The summed E-state index contributed by atoms with van der Waals surface area (Å²) >= 11 is 3.45. The van der Waals surface area contributed by atoms with Gasteiger partial charge in [-0.25, -0.2) is 4.99 Å². The van der Waals surface area contributed by atoms with Gasteiger partial charge >= 0.3 is 0 Å². The Hall–Kier alpha value is -1.82. The maximum atomic E-state index is 11.6. The van der Waals surface area contributed by atoms with E-state index in [1.807, 2.05) is 12.1 Å². The number of rotatable bonds is 6. The molecule has 0 aromatic heterocycles. The van der Waals surface area contributed by atoms with Crippen molar-refractivity contribution in [1.82, 2.24) is 15.5 Å². The lowest BCUT2D eigenvalue weighted by Gasteiger charge is -2.14. The van der Waals surface area contributed by atoms with Gasteiger partial charge in [-0.1, -0.05) is 28.1 Å². The topological polar surface area (TPSA) is 56.7 Å². The van der Waals surface area contributed by atoms with Crippen molar-refractivity contribution in [3.63, 3.8) is 0 Å². The summed E-state index contributed by atoms with van der Waals surface area (Å²) in [4.78, 5) is 17.7. The Morgan fingerprint density at radius 3 is 2.73 bits per heavy atom. The Morgan fingerprint density at radius 2 is 2.14 bits per heavy atom. The van der Waals surface area contributed by atoms with Crippen molar-refractivity contribution in [1.29, 1.82) is 0 Å². The third kappa shape index (κ3) is 6.30. The van der Waals surface area contributed by atoms with E-state index in [1.165, 1.54) is 10.5 Å². The van der Waals surface area contributed by atoms with Crippen LogP contribution in [0.25, 0.3) is 0 Å². The Kier molecular flexibility index (Phi) is 7.66. The van der Waals surface area contributed by atoms with Crippen molar-refractivity contribution in [3.8, 4) is 0 Å². The predicted molar refractivity (Wildman–Crippen MR) is 94.9 cm³/mol. The monoisotopic (exact) mass is 366 g/mol.